The fraction of sp³-hybridized carbons (Fsp3) is 0.357. The molecule has 4 nitrogen and oxygen atoms in total. The standard InChI is InChI=1S/C14H14F3N3OS/c1-3-10(13-20-11(7-22-13)14(15,16)17)19-12(21)9-5-4-6-18-8(9)2/h4-7,10H,3H2,1-2H3,(H,19,21). The van der Waals surface area contributed by atoms with Gasteiger partial charge in [0, 0.05) is 17.3 Å². The molecule has 0 spiro atoms. The highest BCUT2D eigenvalue weighted by molar-refractivity contribution is 7.09. The summed E-state index contributed by atoms with van der Waals surface area (Å²) in [5.41, 5.74) is 0.0243. The largest absolute Gasteiger partial charge is 0.434 e. The lowest BCUT2D eigenvalue weighted by atomic mass is 10.1. The fourth-order valence-electron chi connectivity index (χ4n) is 1.88. The summed E-state index contributed by atoms with van der Waals surface area (Å²) in [6.45, 7) is 3.47. The van der Waals surface area contributed by atoms with E-state index in [1.165, 1.54) is 0 Å². The average Bonchev–Trinajstić information content (AvgIpc) is 2.94. The fourth-order valence-corrected chi connectivity index (χ4v) is 2.84. The van der Waals surface area contributed by atoms with Gasteiger partial charge >= 0.3 is 6.18 Å². The number of halogens is 3. The molecule has 22 heavy (non-hydrogen) atoms. The van der Waals surface area contributed by atoms with Crippen LogP contribution in [0, 0.1) is 6.92 Å². The predicted molar refractivity (Wildman–Crippen MR) is 76.6 cm³/mol. The lowest BCUT2D eigenvalue weighted by Crippen LogP contribution is -2.29. The summed E-state index contributed by atoms with van der Waals surface area (Å²) in [6, 6.07) is 2.69. The van der Waals surface area contributed by atoms with Crippen LogP contribution in [0.5, 0.6) is 0 Å². The van der Waals surface area contributed by atoms with Crippen LogP contribution in [0.15, 0.2) is 23.7 Å². The first-order chi connectivity index (χ1) is 10.3. The van der Waals surface area contributed by atoms with Gasteiger partial charge < -0.3 is 5.32 Å². The molecular formula is C14H14F3N3OS. The van der Waals surface area contributed by atoms with E-state index < -0.39 is 17.9 Å². The summed E-state index contributed by atoms with van der Waals surface area (Å²) in [7, 11) is 0. The van der Waals surface area contributed by atoms with Gasteiger partial charge in [0.15, 0.2) is 5.69 Å². The Kier molecular flexibility index (Phi) is 4.80. The van der Waals surface area contributed by atoms with Gasteiger partial charge in [-0.1, -0.05) is 6.92 Å². The molecule has 1 unspecified atom stereocenters. The highest BCUT2D eigenvalue weighted by Crippen LogP contribution is 2.32. The Balaban J connectivity index is 2.18. The number of nitrogens with one attached hydrogen (secondary N) is 1. The molecule has 1 atom stereocenters. The summed E-state index contributed by atoms with van der Waals surface area (Å²) in [6.07, 6.45) is -2.47. The van der Waals surface area contributed by atoms with Crippen molar-refractivity contribution < 1.29 is 18.0 Å². The molecule has 8 heteroatoms. The molecule has 0 saturated carbocycles. The normalized spacial score (nSPS) is 13.0. The van der Waals surface area contributed by atoms with Gasteiger partial charge in [0.1, 0.15) is 5.01 Å². The average molecular weight is 329 g/mol. The van der Waals surface area contributed by atoms with E-state index >= 15 is 0 Å². The molecular weight excluding hydrogens is 315 g/mol. The molecule has 0 aromatic carbocycles. The van der Waals surface area contributed by atoms with Crippen molar-refractivity contribution in [3.8, 4) is 0 Å². The summed E-state index contributed by atoms with van der Waals surface area (Å²) in [5.74, 6) is -0.374. The summed E-state index contributed by atoms with van der Waals surface area (Å²) < 4.78 is 37.8. The van der Waals surface area contributed by atoms with Gasteiger partial charge in [-0.05, 0) is 25.5 Å². The van der Waals surface area contributed by atoms with Gasteiger partial charge in [-0.15, -0.1) is 11.3 Å². The molecule has 0 bridgehead atoms. The Labute approximate surface area is 129 Å². The van der Waals surface area contributed by atoms with Crippen LogP contribution in [0.2, 0.25) is 0 Å². The van der Waals surface area contributed by atoms with Crippen LogP contribution < -0.4 is 5.32 Å². The monoisotopic (exact) mass is 329 g/mol. The number of carbonyl (C=O) groups is 1. The van der Waals surface area contributed by atoms with Gasteiger partial charge in [-0.25, -0.2) is 4.98 Å². The Morgan fingerprint density at radius 3 is 2.73 bits per heavy atom. The van der Waals surface area contributed by atoms with E-state index in [1.54, 1.807) is 32.2 Å². The third kappa shape index (κ3) is 3.62. The number of nitrogens with zero attached hydrogens (tertiary/aromatic N) is 2. The topological polar surface area (TPSA) is 54.9 Å². The maximum Gasteiger partial charge on any atom is 0.434 e. The van der Waals surface area contributed by atoms with Crippen LogP contribution in [0.25, 0.3) is 0 Å². The number of rotatable bonds is 4. The Bertz CT molecular complexity index is 669. The van der Waals surface area contributed by atoms with Gasteiger partial charge in [-0.2, -0.15) is 13.2 Å². The number of amides is 1. The van der Waals surface area contributed by atoms with E-state index in [1.807, 2.05) is 0 Å². The first-order valence-corrected chi connectivity index (χ1v) is 7.46. The quantitative estimate of drug-likeness (QED) is 0.929. The van der Waals surface area contributed by atoms with Crippen molar-refractivity contribution in [3.05, 3.63) is 45.7 Å². The van der Waals surface area contributed by atoms with E-state index in [9.17, 15) is 18.0 Å². The summed E-state index contributed by atoms with van der Waals surface area (Å²) in [5, 5.41) is 3.90. The van der Waals surface area contributed by atoms with Crippen LogP contribution >= 0.6 is 11.3 Å². The summed E-state index contributed by atoms with van der Waals surface area (Å²) in [4.78, 5) is 19.8. The zero-order valence-corrected chi connectivity index (χ0v) is 12.8. The lowest BCUT2D eigenvalue weighted by molar-refractivity contribution is -0.140. The van der Waals surface area contributed by atoms with Gasteiger partial charge in [0.2, 0.25) is 0 Å². The van der Waals surface area contributed by atoms with E-state index in [0.29, 0.717) is 17.7 Å². The van der Waals surface area contributed by atoms with Crippen molar-refractivity contribution in [3.63, 3.8) is 0 Å². The molecule has 2 rings (SSSR count). The maximum atomic E-state index is 12.6. The number of carbonyl (C=O) groups excluding carboxylic acids is 1. The SMILES string of the molecule is CCC(NC(=O)c1cccnc1C)c1nc(C(F)(F)F)cs1. The molecule has 118 valence electrons. The Morgan fingerprint density at radius 1 is 1.45 bits per heavy atom. The van der Waals surface area contributed by atoms with E-state index in [2.05, 4.69) is 15.3 Å². The van der Waals surface area contributed by atoms with Crippen molar-refractivity contribution in [2.75, 3.05) is 0 Å². The lowest BCUT2D eigenvalue weighted by Gasteiger charge is -2.15. The first-order valence-electron chi connectivity index (χ1n) is 6.58. The molecule has 0 saturated heterocycles. The van der Waals surface area contributed by atoms with Gasteiger partial charge in [-0.3, -0.25) is 9.78 Å². The predicted octanol–water partition coefficient (Wildman–Crippen LogP) is 3.75. The maximum absolute atomic E-state index is 12.6. The second kappa shape index (κ2) is 6.43. The second-order valence-corrected chi connectivity index (χ2v) is 5.53. The van der Waals surface area contributed by atoms with E-state index in [0.717, 1.165) is 16.7 Å². The number of pyridine rings is 1. The molecule has 2 aromatic rings. The zero-order valence-electron chi connectivity index (χ0n) is 11.9. The molecule has 0 aliphatic rings. The first kappa shape index (κ1) is 16.4. The van der Waals surface area contributed by atoms with Crippen molar-refractivity contribution >= 4 is 17.2 Å². The summed E-state index contributed by atoms with van der Waals surface area (Å²) >= 11 is 0.889. The minimum Gasteiger partial charge on any atom is -0.343 e. The minimum atomic E-state index is -4.48. The van der Waals surface area contributed by atoms with Crippen LogP contribution in [-0.2, 0) is 6.18 Å². The van der Waals surface area contributed by atoms with E-state index in [-0.39, 0.29) is 10.9 Å². The second-order valence-electron chi connectivity index (χ2n) is 4.64. The van der Waals surface area contributed by atoms with Crippen LogP contribution in [0.4, 0.5) is 13.2 Å². The van der Waals surface area contributed by atoms with Crippen molar-refractivity contribution in [1.29, 1.82) is 0 Å². The van der Waals surface area contributed by atoms with Gasteiger partial charge in [0.05, 0.1) is 11.6 Å². The smallest absolute Gasteiger partial charge is 0.343 e. The molecule has 0 radical (unpaired) electrons. The third-order valence-corrected chi connectivity index (χ3v) is 4.03. The van der Waals surface area contributed by atoms with Gasteiger partial charge in [0.25, 0.3) is 5.91 Å². The molecule has 2 heterocycles. The Morgan fingerprint density at radius 2 is 2.18 bits per heavy atom. The molecule has 0 fully saturated rings. The molecule has 0 aliphatic carbocycles. The third-order valence-electron chi connectivity index (χ3n) is 3.08. The number of hydrogen-bond acceptors (Lipinski definition) is 4. The van der Waals surface area contributed by atoms with Crippen LogP contribution in [0.1, 0.15) is 46.1 Å². The number of alkyl halides is 3. The van der Waals surface area contributed by atoms with Crippen molar-refractivity contribution in [2.45, 2.75) is 32.5 Å². The van der Waals surface area contributed by atoms with Crippen LogP contribution in [-0.4, -0.2) is 15.9 Å². The number of aryl methyl sites for hydroxylation is 1. The molecule has 1 amide bonds. The molecule has 0 aliphatic heterocycles. The highest BCUT2D eigenvalue weighted by atomic mass is 32.1. The van der Waals surface area contributed by atoms with Crippen LogP contribution in [0.3, 0.4) is 0 Å². The highest BCUT2D eigenvalue weighted by Gasteiger charge is 2.34. The number of hydrogen-bond donors (Lipinski definition) is 1. The van der Waals surface area contributed by atoms with Crippen molar-refractivity contribution in [2.24, 2.45) is 0 Å². The molecule has 2 aromatic heterocycles. The minimum absolute atomic E-state index is 0.240. The number of aromatic nitrogens is 2. The van der Waals surface area contributed by atoms with E-state index in [4.69, 9.17) is 0 Å². The molecule has 1 N–H and O–H groups in total. The number of thiazole rings is 1. The Hall–Kier alpha value is -1.96. The van der Waals surface area contributed by atoms with Crippen molar-refractivity contribution in [1.82, 2.24) is 15.3 Å². The zero-order chi connectivity index (χ0) is 16.3.